The fourth-order valence-electron chi connectivity index (χ4n) is 0.687. The van der Waals surface area contributed by atoms with Crippen LogP contribution < -0.4 is 4.74 Å². The lowest BCUT2D eigenvalue weighted by Gasteiger charge is -2.04. The fourth-order valence-corrected chi connectivity index (χ4v) is 0.687. The van der Waals surface area contributed by atoms with Gasteiger partial charge in [0, 0.05) is 0 Å². The van der Waals surface area contributed by atoms with E-state index in [2.05, 4.69) is 6.58 Å². The molecule has 0 bridgehead atoms. The summed E-state index contributed by atoms with van der Waals surface area (Å²) in [5.74, 6) is 1.06. The summed E-state index contributed by atoms with van der Waals surface area (Å²) in [4.78, 5) is 0. The van der Waals surface area contributed by atoms with E-state index in [1.807, 2.05) is 18.2 Å². The molecular weight excluding hydrogens is 140 g/mol. The van der Waals surface area contributed by atoms with E-state index in [1.54, 1.807) is 12.1 Å². The van der Waals surface area contributed by atoms with E-state index in [9.17, 15) is 0 Å². The quantitative estimate of drug-likeness (QED) is 0.663. The summed E-state index contributed by atoms with van der Waals surface area (Å²) >= 11 is 0. The van der Waals surface area contributed by atoms with Gasteiger partial charge in [0.2, 0.25) is 0 Å². The van der Waals surface area contributed by atoms with Crippen molar-refractivity contribution in [1.29, 1.82) is 0 Å². The highest BCUT2D eigenvalue weighted by molar-refractivity contribution is 5.22. The van der Waals surface area contributed by atoms with E-state index in [0.29, 0.717) is 11.5 Å². The zero-order valence-corrected chi connectivity index (χ0v) is 6.16. The van der Waals surface area contributed by atoms with Crippen LogP contribution >= 0.6 is 0 Å². The first-order valence-electron chi connectivity index (χ1n) is 3.34. The second-order valence-corrected chi connectivity index (χ2v) is 2.11. The van der Waals surface area contributed by atoms with Gasteiger partial charge in [-0.2, -0.15) is 0 Å². The molecule has 0 aliphatic rings. The number of aliphatic hydroxyl groups excluding tert-OH is 1. The topological polar surface area (TPSA) is 29.5 Å². The molecule has 0 saturated carbocycles. The first-order chi connectivity index (χ1) is 5.33. The van der Waals surface area contributed by atoms with Gasteiger partial charge in [0.05, 0.1) is 0 Å². The molecule has 2 nitrogen and oxygen atoms in total. The summed E-state index contributed by atoms with van der Waals surface area (Å²) < 4.78 is 5.12. The summed E-state index contributed by atoms with van der Waals surface area (Å²) in [5.41, 5.74) is 0. The van der Waals surface area contributed by atoms with Crippen molar-refractivity contribution in [2.24, 2.45) is 0 Å². The molecule has 1 aromatic rings. The third-order valence-electron chi connectivity index (χ3n) is 1.18. The van der Waals surface area contributed by atoms with Gasteiger partial charge in [-0.3, -0.25) is 0 Å². The molecule has 0 spiro atoms. The summed E-state index contributed by atoms with van der Waals surface area (Å²) in [6.45, 7) is 3.35. The first-order valence-corrected chi connectivity index (χ1v) is 3.34. The maximum absolute atomic E-state index is 8.57. The van der Waals surface area contributed by atoms with E-state index < -0.39 is 0 Å². The van der Waals surface area contributed by atoms with E-state index in [0.717, 1.165) is 0 Å². The Bertz CT molecular complexity index is 229. The predicted molar refractivity (Wildman–Crippen MR) is 43.3 cm³/mol. The predicted octanol–water partition coefficient (Wildman–Crippen LogP) is 1.57. The average molecular weight is 150 g/mol. The van der Waals surface area contributed by atoms with Gasteiger partial charge in [-0.05, 0) is 12.1 Å². The molecule has 2 heteroatoms. The number of para-hydroxylation sites is 1. The van der Waals surface area contributed by atoms with Gasteiger partial charge in [-0.1, -0.05) is 24.8 Å². The minimum absolute atomic E-state index is 0.144. The van der Waals surface area contributed by atoms with Crippen molar-refractivity contribution < 1.29 is 9.84 Å². The summed E-state index contributed by atoms with van der Waals surface area (Å²) in [5, 5.41) is 8.57. The maximum atomic E-state index is 8.57. The molecule has 0 radical (unpaired) electrons. The number of aliphatic hydroxyl groups is 1. The van der Waals surface area contributed by atoms with Gasteiger partial charge in [0.15, 0.2) is 0 Å². The number of hydrogen-bond donors (Lipinski definition) is 1. The van der Waals surface area contributed by atoms with Crippen molar-refractivity contribution in [3.8, 4) is 5.75 Å². The van der Waals surface area contributed by atoms with Crippen molar-refractivity contribution in [2.45, 2.75) is 0 Å². The number of hydrogen-bond acceptors (Lipinski definition) is 2. The van der Waals surface area contributed by atoms with Crippen molar-refractivity contribution in [1.82, 2.24) is 0 Å². The lowest BCUT2D eigenvalue weighted by Crippen LogP contribution is -1.97. The highest BCUT2D eigenvalue weighted by atomic mass is 16.5. The molecule has 0 unspecified atom stereocenters. The Hall–Kier alpha value is -1.28. The van der Waals surface area contributed by atoms with Crippen LogP contribution in [0.2, 0.25) is 0 Å². The second-order valence-electron chi connectivity index (χ2n) is 2.11. The van der Waals surface area contributed by atoms with Gasteiger partial charge in [0.25, 0.3) is 0 Å². The van der Waals surface area contributed by atoms with Crippen LogP contribution in [0.5, 0.6) is 5.75 Å². The van der Waals surface area contributed by atoms with Crippen LogP contribution in [0.25, 0.3) is 0 Å². The Morgan fingerprint density at radius 3 is 2.55 bits per heavy atom. The molecule has 1 N–H and O–H groups in total. The first kappa shape index (κ1) is 7.82. The molecule has 0 saturated heterocycles. The Morgan fingerprint density at radius 2 is 2.00 bits per heavy atom. The second kappa shape index (κ2) is 3.78. The SMILES string of the molecule is C=C(CO)Oc1ccccc1. The molecular formula is C9H10O2. The minimum Gasteiger partial charge on any atom is -0.460 e. The summed E-state index contributed by atoms with van der Waals surface area (Å²) in [6, 6.07) is 9.23. The normalized spacial score (nSPS) is 9.18. The fraction of sp³-hybridized carbons (Fsp3) is 0.111. The van der Waals surface area contributed by atoms with Crippen LogP contribution in [0.1, 0.15) is 0 Å². The Balaban J connectivity index is 2.58. The van der Waals surface area contributed by atoms with Crippen LogP contribution in [-0.2, 0) is 0 Å². The van der Waals surface area contributed by atoms with Gasteiger partial charge in [0.1, 0.15) is 18.1 Å². The van der Waals surface area contributed by atoms with Crippen molar-refractivity contribution in [3.63, 3.8) is 0 Å². The number of rotatable bonds is 3. The van der Waals surface area contributed by atoms with E-state index in [-0.39, 0.29) is 6.61 Å². The largest absolute Gasteiger partial charge is 0.460 e. The lowest BCUT2D eigenvalue weighted by molar-refractivity contribution is 0.264. The number of benzene rings is 1. The highest BCUT2D eigenvalue weighted by Gasteiger charge is 1.93. The smallest absolute Gasteiger partial charge is 0.127 e. The third-order valence-corrected chi connectivity index (χ3v) is 1.18. The van der Waals surface area contributed by atoms with Crippen molar-refractivity contribution in [2.75, 3.05) is 6.61 Å². The maximum Gasteiger partial charge on any atom is 0.127 e. The number of ether oxygens (including phenoxy) is 1. The van der Waals surface area contributed by atoms with Crippen LogP contribution in [0.4, 0.5) is 0 Å². The van der Waals surface area contributed by atoms with Gasteiger partial charge in [-0.25, -0.2) is 0 Å². The molecule has 0 aromatic heterocycles. The van der Waals surface area contributed by atoms with Crippen molar-refractivity contribution in [3.05, 3.63) is 42.7 Å². The monoisotopic (exact) mass is 150 g/mol. The molecule has 0 fully saturated rings. The molecule has 0 aliphatic heterocycles. The third kappa shape index (κ3) is 2.43. The van der Waals surface area contributed by atoms with Gasteiger partial charge < -0.3 is 9.84 Å². The summed E-state index contributed by atoms with van der Waals surface area (Å²) in [6.07, 6.45) is 0. The highest BCUT2D eigenvalue weighted by Crippen LogP contribution is 2.10. The Kier molecular flexibility index (Phi) is 2.69. The molecule has 0 heterocycles. The zero-order chi connectivity index (χ0) is 8.10. The van der Waals surface area contributed by atoms with E-state index >= 15 is 0 Å². The Morgan fingerprint density at radius 1 is 1.36 bits per heavy atom. The Labute approximate surface area is 65.7 Å². The van der Waals surface area contributed by atoms with Crippen molar-refractivity contribution >= 4 is 0 Å². The molecule has 11 heavy (non-hydrogen) atoms. The molecule has 1 aromatic carbocycles. The van der Waals surface area contributed by atoms with Gasteiger partial charge >= 0.3 is 0 Å². The standard InChI is InChI=1S/C9H10O2/c1-8(7-10)11-9-5-3-2-4-6-9/h2-6,10H,1,7H2. The molecule has 0 atom stereocenters. The molecule has 0 aliphatic carbocycles. The van der Waals surface area contributed by atoms with Crippen LogP contribution in [0.15, 0.2) is 42.7 Å². The van der Waals surface area contributed by atoms with E-state index in [1.165, 1.54) is 0 Å². The van der Waals surface area contributed by atoms with Crippen LogP contribution in [0, 0.1) is 0 Å². The molecule has 1 rings (SSSR count). The summed E-state index contributed by atoms with van der Waals surface area (Å²) in [7, 11) is 0. The molecule has 0 amide bonds. The van der Waals surface area contributed by atoms with E-state index in [4.69, 9.17) is 9.84 Å². The minimum atomic E-state index is -0.144. The van der Waals surface area contributed by atoms with Gasteiger partial charge in [-0.15, -0.1) is 0 Å². The van der Waals surface area contributed by atoms with Crippen LogP contribution in [0.3, 0.4) is 0 Å². The van der Waals surface area contributed by atoms with Crippen LogP contribution in [-0.4, -0.2) is 11.7 Å². The average Bonchev–Trinajstić information content (AvgIpc) is 2.06. The lowest BCUT2D eigenvalue weighted by atomic mass is 10.3. The molecule has 58 valence electrons. The zero-order valence-electron chi connectivity index (χ0n) is 6.16.